The zero-order valence-corrected chi connectivity index (χ0v) is 23.2. The Labute approximate surface area is 237 Å². The second-order valence-electron chi connectivity index (χ2n) is 13.5. The minimum absolute atomic E-state index is 0.0719. The summed E-state index contributed by atoms with van der Waals surface area (Å²) in [5.41, 5.74) is 1.29. The number of nitrogens with zero attached hydrogens (tertiary/aromatic N) is 5. The molecule has 6 aliphatic carbocycles. The fourth-order valence-electron chi connectivity index (χ4n) is 7.46. The molecule has 0 aliphatic heterocycles. The van der Waals surface area contributed by atoms with Gasteiger partial charge in [0.05, 0.1) is 0 Å². The molecule has 0 saturated heterocycles. The third-order valence-corrected chi connectivity index (χ3v) is 10.5. The highest BCUT2D eigenvalue weighted by Gasteiger charge is 2.54. The molecule has 0 radical (unpaired) electrons. The van der Waals surface area contributed by atoms with Crippen LogP contribution in [0.4, 0.5) is 14.5 Å². The van der Waals surface area contributed by atoms with Gasteiger partial charge in [-0.15, -0.1) is 0 Å². The van der Waals surface area contributed by atoms with Crippen LogP contribution in [0.25, 0.3) is 11.5 Å². The molecule has 6 saturated carbocycles. The standard InChI is InChI=1S/C31H35F2N5O3/c32-31(33)9-8-22(17-31)27(39)38(23-3-1-2-21(16-23)26-34-24(36-40-26)19-4-5-19)18-29-10-13-30(14-11-29,15-12-29)28-35-25(37-41-28)20-6-7-20/h1-3,16,19-20,22H,4-15,17-18H2. The quantitative estimate of drug-likeness (QED) is 0.293. The number of halogens is 2. The summed E-state index contributed by atoms with van der Waals surface area (Å²) in [5, 5.41) is 8.42. The van der Waals surface area contributed by atoms with Crippen LogP contribution in [0.2, 0.25) is 0 Å². The normalized spacial score (nSPS) is 30.5. The predicted molar refractivity (Wildman–Crippen MR) is 144 cm³/mol. The molecule has 2 aromatic heterocycles. The first kappa shape index (κ1) is 25.5. The Morgan fingerprint density at radius 3 is 2.22 bits per heavy atom. The van der Waals surface area contributed by atoms with E-state index in [0.29, 0.717) is 30.0 Å². The minimum atomic E-state index is -2.78. The molecule has 216 valence electrons. The molecule has 1 amide bonds. The average molecular weight is 564 g/mol. The number of aromatic nitrogens is 4. The van der Waals surface area contributed by atoms with Crippen LogP contribution < -0.4 is 4.90 Å². The van der Waals surface area contributed by atoms with Crippen molar-refractivity contribution in [3.05, 3.63) is 41.8 Å². The van der Waals surface area contributed by atoms with Gasteiger partial charge in [0.25, 0.3) is 5.89 Å². The third-order valence-electron chi connectivity index (χ3n) is 10.5. The summed E-state index contributed by atoms with van der Waals surface area (Å²) >= 11 is 0. The maximum atomic E-state index is 14.2. The molecule has 1 aromatic carbocycles. The van der Waals surface area contributed by atoms with Gasteiger partial charge in [-0.05, 0) is 94.2 Å². The SMILES string of the molecule is O=C(C1CCC(F)(F)C1)N(CC12CCC(c3nc(C4CC4)no3)(CC1)CC2)c1cccc(-c2nc(C3CC3)no2)c1. The number of fused-ring (bicyclic) bond motifs is 3. The molecule has 1 atom stereocenters. The number of rotatable bonds is 8. The first-order valence-electron chi connectivity index (χ1n) is 15.3. The van der Waals surface area contributed by atoms with Gasteiger partial charge in [0.15, 0.2) is 11.6 Å². The van der Waals surface area contributed by atoms with Gasteiger partial charge in [0.2, 0.25) is 17.7 Å². The second kappa shape index (κ2) is 9.16. The van der Waals surface area contributed by atoms with Crippen LogP contribution >= 0.6 is 0 Å². The number of alkyl halides is 2. The number of amides is 1. The van der Waals surface area contributed by atoms with Crippen molar-refractivity contribution in [2.45, 2.75) is 107 Å². The van der Waals surface area contributed by atoms with Crippen molar-refractivity contribution in [2.24, 2.45) is 11.3 Å². The van der Waals surface area contributed by atoms with Crippen LogP contribution in [-0.2, 0) is 10.2 Å². The zero-order valence-electron chi connectivity index (χ0n) is 23.2. The molecule has 2 heterocycles. The van der Waals surface area contributed by atoms with E-state index >= 15 is 0 Å². The Bertz CT molecular complexity index is 1450. The molecule has 9 rings (SSSR count). The second-order valence-corrected chi connectivity index (χ2v) is 13.5. The maximum Gasteiger partial charge on any atom is 0.258 e. The summed E-state index contributed by atoms with van der Waals surface area (Å²) in [6.07, 6.45) is 9.66. The molecule has 8 nitrogen and oxygen atoms in total. The van der Waals surface area contributed by atoms with Crippen molar-refractivity contribution in [2.75, 3.05) is 11.4 Å². The lowest BCUT2D eigenvalue weighted by atomic mass is 9.53. The molecule has 0 spiro atoms. The highest BCUT2D eigenvalue weighted by Crippen LogP contribution is 2.58. The molecule has 2 bridgehead atoms. The van der Waals surface area contributed by atoms with Crippen LogP contribution in [0.3, 0.4) is 0 Å². The van der Waals surface area contributed by atoms with Crippen molar-refractivity contribution in [1.29, 1.82) is 0 Å². The first-order valence-corrected chi connectivity index (χ1v) is 15.3. The molecular weight excluding hydrogens is 528 g/mol. The fraction of sp³-hybridized carbons (Fsp3) is 0.645. The molecule has 6 fully saturated rings. The van der Waals surface area contributed by atoms with Gasteiger partial charge in [-0.2, -0.15) is 9.97 Å². The van der Waals surface area contributed by atoms with E-state index in [2.05, 4.69) is 15.3 Å². The van der Waals surface area contributed by atoms with E-state index in [0.717, 1.165) is 87.3 Å². The number of hydrogen-bond acceptors (Lipinski definition) is 7. The first-order chi connectivity index (χ1) is 19.8. The van der Waals surface area contributed by atoms with E-state index in [4.69, 9.17) is 14.0 Å². The van der Waals surface area contributed by atoms with Gasteiger partial charge in [0.1, 0.15) is 0 Å². The van der Waals surface area contributed by atoms with Gasteiger partial charge in [-0.3, -0.25) is 4.79 Å². The van der Waals surface area contributed by atoms with Crippen LogP contribution in [0.15, 0.2) is 33.3 Å². The summed E-state index contributed by atoms with van der Waals surface area (Å²) in [5.74, 6) is -0.0465. The van der Waals surface area contributed by atoms with Crippen molar-refractivity contribution in [3.8, 4) is 11.5 Å². The zero-order chi connectivity index (χ0) is 27.8. The molecule has 41 heavy (non-hydrogen) atoms. The van der Waals surface area contributed by atoms with Crippen molar-refractivity contribution in [1.82, 2.24) is 20.3 Å². The fourth-order valence-corrected chi connectivity index (χ4v) is 7.46. The molecule has 1 unspecified atom stereocenters. The summed E-state index contributed by atoms with van der Waals surface area (Å²) in [4.78, 5) is 25.2. The van der Waals surface area contributed by atoms with E-state index in [1.54, 1.807) is 4.90 Å². The van der Waals surface area contributed by atoms with E-state index < -0.39 is 11.8 Å². The molecule has 6 aliphatic rings. The molecular formula is C31H35F2N5O3. The number of carbonyl (C=O) groups excluding carboxylic acids is 1. The van der Waals surface area contributed by atoms with Gasteiger partial charge >= 0.3 is 0 Å². The Balaban J connectivity index is 1.06. The maximum absolute atomic E-state index is 14.2. The smallest absolute Gasteiger partial charge is 0.258 e. The highest BCUT2D eigenvalue weighted by atomic mass is 19.3. The Morgan fingerprint density at radius 1 is 0.878 bits per heavy atom. The van der Waals surface area contributed by atoms with Crippen molar-refractivity contribution < 1.29 is 22.6 Å². The molecule has 0 N–H and O–H groups in total. The number of anilines is 1. The topological polar surface area (TPSA) is 98.2 Å². The number of carbonyl (C=O) groups is 1. The average Bonchev–Trinajstić information content (AvgIpc) is 3.89. The lowest BCUT2D eigenvalue weighted by Gasteiger charge is -2.53. The summed E-state index contributed by atoms with van der Waals surface area (Å²) in [6, 6.07) is 7.58. The van der Waals surface area contributed by atoms with Crippen LogP contribution in [0, 0.1) is 11.3 Å². The van der Waals surface area contributed by atoms with Gasteiger partial charge in [-0.1, -0.05) is 16.4 Å². The summed E-state index contributed by atoms with van der Waals surface area (Å²) < 4.78 is 39.8. The van der Waals surface area contributed by atoms with Crippen LogP contribution in [0.1, 0.15) is 113 Å². The van der Waals surface area contributed by atoms with E-state index in [9.17, 15) is 13.6 Å². The number of benzene rings is 1. The minimum Gasteiger partial charge on any atom is -0.339 e. The van der Waals surface area contributed by atoms with Gasteiger partial charge in [-0.25, -0.2) is 8.78 Å². The van der Waals surface area contributed by atoms with Gasteiger partial charge < -0.3 is 13.9 Å². The Morgan fingerprint density at radius 2 is 1.56 bits per heavy atom. The Kier molecular flexibility index (Phi) is 5.71. The molecule has 3 aromatic rings. The summed E-state index contributed by atoms with van der Waals surface area (Å²) in [7, 11) is 0. The highest BCUT2D eigenvalue weighted by molar-refractivity contribution is 5.96. The van der Waals surface area contributed by atoms with Gasteiger partial charge in [0, 0.05) is 53.8 Å². The van der Waals surface area contributed by atoms with E-state index in [1.165, 1.54) is 0 Å². The monoisotopic (exact) mass is 563 g/mol. The predicted octanol–water partition coefficient (Wildman–Crippen LogP) is 6.94. The summed E-state index contributed by atoms with van der Waals surface area (Å²) in [6.45, 7) is 0.516. The lowest BCUT2D eigenvalue weighted by Crippen LogP contribution is -2.51. The third kappa shape index (κ3) is 4.67. The lowest BCUT2D eigenvalue weighted by molar-refractivity contribution is -0.124. The van der Waals surface area contributed by atoms with Crippen LogP contribution in [-0.4, -0.2) is 38.7 Å². The van der Waals surface area contributed by atoms with Crippen LogP contribution in [0.5, 0.6) is 0 Å². The van der Waals surface area contributed by atoms with E-state index in [1.807, 2.05) is 24.3 Å². The largest absolute Gasteiger partial charge is 0.339 e. The Hall–Kier alpha value is -3.17. The van der Waals surface area contributed by atoms with Crippen molar-refractivity contribution in [3.63, 3.8) is 0 Å². The number of hydrogen-bond donors (Lipinski definition) is 0. The van der Waals surface area contributed by atoms with Crippen molar-refractivity contribution >= 4 is 11.6 Å². The van der Waals surface area contributed by atoms with E-state index in [-0.39, 0.29) is 36.0 Å². The molecule has 10 heteroatoms.